The Morgan fingerprint density at radius 2 is 2.20 bits per heavy atom. The number of aryl methyl sites for hydroxylation is 1. The molecule has 1 aromatic rings. The van der Waals surface area contributed by atoms with Crippen LogP contribution in [0.4, 0.5) is 0 Å². The van der Waals surface area contributed by atoms with Gasteiger partial charge < -0.3 is 9.26 Å². The molecule has 1 unspecified atom stereocenters. The molecule has 0 radical (unpaired) electrons. The highest BCUT2D eigenvalue weighted by Gasteiger charge is 2.21. The first kappa shape index (κ1) is 12.5. The standard InChI is InChI=1S/C10H17ClN2O2/c1-4-14-9(7(2)3)10-12-8(5-6-11)15-13-10/h7,9H,4-6H2,1-3H3. The molecule has 0 amide bonds. The van der Waals surface area contributed by atoms with E-state index in [-0.39, 0.29) is 6.10 Å². The minimum absolute atomic E-state index is 0.0946. The number of halogens is 1. The molecule has 15 heavy (non-hydrogen) atoms. The van der Waals surface area contributed by atoms with E-state index in [0.717, 1.165) is 0 Å². The number of aromatic nitrogens is 2. The first-order chi connectivity index (χ1) is 7.19. The van der Waals surface area contributed by atoms with Gasteiger partial charge >= 0.3 is 0 Å². The van der Waals surface area contributed by atoms with Crippen LogP contribution in [-0.4, -0.2) is 22.6 Å². The molecule has 0 spiro atoms. The lowest BCUT2D eigenvalue weighted by molar-refractivity contribution is 0.0217. The number of alkyl halides is 1. The van der Waals surface area contributed by atoms with E-state index in [1.807, 2.05) is 6.92 Å². The van der Waals surface area contributed by atoms with Crippen LogP contribution in [0, 0.1) is 5.92 Å². The van der Waals surface area contributed by atoms with Crippen molar-refractivity contribution >= 4 is 11.6 Å². The van der Waals surface area contributed by atoms with Gasteiger partial charge in [0.25, 0.3) is 0 Å². The summed E-state index contributed by atoms with van der Waals surface area (Å²) in [5.74, 6) is 2.01. The Hall–Kier alpha value is -0.610. The maximum atomic E-state index is 5.59. The van der Waals surface area contributed by atoms with E-state index in [9.17, 15) is 0 Å². The van der Waals surface area contributed by atoms with Crippen molar-refractivity contribution in [2.45, 2.75) is 33.3 Å². The summed E-state index contributed by atoms with van der Waals surface area (Å²) in [5.41, 5.74) is 0. The number of rotatable bonds is 6. The van der Waals surface area contributed by atoms with Crippen molar-refractivity contribution in [3.8, 4) is 0 Å². The van der Waals surface area contributed by atoms with Crippen molar-refractivity contribution in [1.29, 1.82) is 0 Å². The fourth-order valence-electron chi connectivity index (χ4n) is 1.31. The van der Waals surface area contributed by atoms with Gasteiger partial charge in [0.2, 0.25) is 11.7 Å². The molecule has 0 aliphatic rings. The maximum Gasteiger partial charge on any atom is 0.227 e. The second-order valence-electron chi connectivity index (χ2n) is 3.61. The molecule has 0 fully saturated rings. The van der Waals surface area contributed by atoms with Gasteiger partial charge in [0.1, 0.15) is 6.10 Å². The smallest absolute Gasteiger partial charge is 0.227 e. The molecule has 0 saturated heterocycles. The highest BCUT2D eigenvalue weighted by molar-refractivity contribution is 6.17. The molecule has 5 heteroatoms. The Kier molecular flexibility index (Phi) is 5.05. The number of hydrogen-bond donors (Lipinski definition) is 0. The Morgan fingerprint density at radius 1 is 1.47 bits per heavy atom. The number of hydrogen-bond acceptors (Lipinski definition) is 4. The molecule has 1 rings (SSSR count). The predicted molar refractivity (Wildman–Crippen MR) is 57.9 cm³/mol. The Morgan fingerprint density at radius 3 is 2.73 bits per heavy atom. The van der Waals surface area contributed by atoms with Gasteiger partial charge in [-0.05, 0) is 12.8 Å². The molecule has 0 aromatic carbocycles. The Balaban J connectivity index is 2.72. The van der Waals surface area contributed by atoms with Gasteiger partial charge in [0.05, 0.1) is 0 Å². The number of ether oxygens (including phenoxy) is 1. The van der Waals surface area contributed by atoms with E-state index in [4.69, 9.17) is 20.9 Å². The average Bonchev–Trinajstić information content (AvgIpc) is 2.62. The maximum absolute atomic E-state index is 5.59. The lowest BCUT2D eigenvalue weighted by Gasteiger charge is -2.16. The van der Waals surface area contributed by atoms with Crippen LogP contribution >= 0.6 is 11.6 Å². The van der Waals surface area contributed by atoms with Crippen molar-refractivity contribution in [3.63, 3.8) is 0 Å². The van der Waals surface area contributed by atoms with E-state index in [1.165, 1.54) is 0 Å². The van der Waals surface area contributed by atoms with Crippen molar-refractivity contribution < 1.29 is 9.26 Å². The van der Waals surface area contributed by atoms with Gasteiger partial charge in [-0.2, -0.15) is 4.98 Å². The summed E-state index contributed by atoms with van der Waals surface area (Å²) >= 11 is 5.59. The first-order valence-corrected chi connectivity index (χ1v) is 5.72. The highest BCUT2D eigenvalue weighted by atomic mass is 35.5. The first-order valence-electron chi connectivity index (χ1n) is 5.19. The molecule has 0 aliphatic heterocycles. The fraction of sp³-hybridized carbons (Fsp3) is 0.800. The monoisotopic (exact) mass is 232 g/mol. The summed E-state index contributed by atoms with van der Waals surface area (Å²) in [6.07, 6.45) is 0.508. The van der Waals surface area contributed by atoms with Gasteiger partial charge in [0.15, 0.2) is 0 Å². The second kappa shape index (κ2) is 6.08. The third kappa shape index (κ3) is 3.47. The van der Waals surface area contributed by atoms with Crippen LogP contribution in [0.5, 0.6) is 0 Å². The largest absolute Gasteiger partial charge is 0.370 e. The molecule has 86 valence electrons. The molecule has 0 aliphatic carbocycles. The average molecular weight is 233 g/mol. The van der Waals surface area contributed by atoms with Crippen LogP contribution < -0.4 is 0 Å². The van der Waals surface area contributed by atoms with Crippen LogP contribution in [0.15, 0.2) is 4.52 Å². The predicted octanol–water partition coefficient (Wildman–Crippen LogP) is 2.58. The fourth-order valence-corrected chi connectivity index (χ4v) is 1.47. The van der Waals surface area contributed by atoms with Gasteiger partial charge in [-0.15, -0.1) is 11.6 Å². The molecule has 0 saturated carbocycles. The van der Waals surface area contributed by atoms with E-state index >= 15 is 0 Å². The van der Waals surface area contributed by atoms with Crippen LogP contribution in [0.25, 0.3) is 0 Å². The summed E-state index contributed by atoms with van der Waals surface area (Å²) in [6, 6.07) is 0. The molecular formula is C10H17ClN2O2. The second-order valence-corrected chi connectivity index (χ2v) is 3.98. The Labute approximate surface area is 95.0 Å². The van der Waals surface area contributed by atoms with Crippen molar-refractivity contribution in [2.24, 2.45) is 5.92 Å². The third-order valence-electron chi connectivity index (χ3n) is 2.00. The summed E-state index contributed by atoms with van der Waals surface area (Å²) < 4.78 is 10.6. The van der Waals surface area contributed by atoms with E-state index in [2.05, 4.69) is 24.0 Å². The lowest BCUT2D eigenvalue weighted by atomic mass is 10.1. The van der Waals surface area contributed by atoms with Crippen LogP contribution in [0.1, 0.15) is 38.6 Å². The van der Waals surface area contributed by atoms with Crippen LogP contribution in [-0.2, 0) is 11.2 Å². The molecule has 4 nitrogen and oxygen atoms in total. The van der Waals surface area contributed by atoms with Crippen LogP contribution in [0.2, 0.25) is 0 Å². The molecule has 1 atom stereocenters. The van der Waals surface area contributed by atoms with E-state index < -0.39 is 0 Å². The quantitative estimate of drug-likeness (QED) is 0.708. The van der Waals surface area contributed by atoms with Crippen molar-refractivity contribution in [1.82, 2.24) is 10.1 Å². The normalized spacial score (nSPS) is 13.4. The lowest BCUT2D eigenvalue weighted by Crippen LogP contribution is -2.12. The van der Waals surface area contributed by atoms with Gasteiger partial charge in [-0.25, -0.2) is 0 Å². The van der Waals surface area contributed by atoms with Gasteiger partial charge in [-0.3, -0.25) is 0 Å². The SMILES string of the molecule is CCOC(c1noc(CCCl)n1)C(C)C. The molecule has 1 aromatic heterocycles. The minimum Gasteiger partial charge on any atom is -0.370 e. The third-order valence-corrected chi connectivity index (χ3v) is 2.19. The zero-order valence-electron chi connectivity index (χ0n) is 9.36. The number of nitrogens with zero attached hydrogens (tertiary/aromatic N) is 2. The zero-order chi connectivity index (χ0) is 11.3. The molecular weight excluding hydrogens is 216 g/mol. The van der Waals surface area contributed by atoms with Gasteiger partial charge in [0, 0.05) is 18.9 Å². The van der Waals surface area contributed by atoms with Crippen molar-refractivity contribution in [2.75, 3.05) is 12.5 Å². The summed E-state index contributed by atoms with van der Waals surface area (Å²) in [7, 11) is 0. The topological polar surface area (TPSA) is 48.2 Å². The summed E-state index contributed by atoms with van der Waals surface area (Å²) in [4.78, 5) is 4.25. The zero-order valence-corrected chi connectivity index (χ0v) is 10.1. The molecule has 0 N–H and O–H groups in total. The van der Waals surface area contributed by atoms with Crippen molar-refractivity contribution in [3.05, 3.63) is 11.7 Å². The van der Waals surface area contributed by atoms with E-state index in [0.29, 0.717) is 36.5 Å². The molecule has 0 bridgehead atoms. The summed E-state index contributed by atoms with van der Waals surface area (Å²) in [6.45, 7) is 6.73. The molecule has 1 heterocycles. The highest BCUT2D eigenvalue weighted by Crippen LogP contribution is 2.23. The van der Waals surface area contributed by atoms with Crippen LogP contribution in [0.3, 0.4) is 0 Å². The van der Waals surface area contributed by atoms with E-state index in [1.54, 1.807) is 0 Å². The minimum atomic E-state index is -0.0946. The Bertz CT molecular complexity index is 289. The summed E-state index contributed by atoms with van der Waals surface area (Å²) in [5, 5.41) is 3.91. The van der Waals surface area contributed by atoms with Gasteiger partial charge in [-0.1, -0.05) is 19.0 Å².